The van der Waals surface area contributed by atoms with E-state index in [0.717, 1.165) is 31.2 Å². The topological polar surface area (TPSA) is 95.6 Å². The maximum atomic E-state index is 13.2. The van der Waals surface area contributed by atoms with Gasteiger partial charge in [-0.1, -0.05) is 30.5 Å². The molecule has 0 bridgehead atoms. The van der Waals surface area contributed by atoms with Crippen molar-refractivity contribution < 1.29 is 23.0 Å². The minimum atomic E-state index is -1.80. The number of nitrogens with zero attached hydrogens (tertiary/aromatic N) is 1. The van der Waals surface area contributed by atoms with Crippen LogP contribution in [0.2, 0.25) is 0 Å². The summed E-state index contributed by atoms with van der Waals surface area (Å²) in [5.41, 5.74) is 1.89. The number of amides is 3. The number of nitrogens with one attached hydrogen (secondary N) is 2. The molecule has 0 saturated heterocycles. The molecule has 3 rings (SSSR count). The second-order valence-electron chi connectivity index (χ2n) is 8.55. The average Bonchev–Trinajstić information content (AvgIpc) is 3.29. The van der Waals surface area contributed by atoms with Crippen molar-refractivity contribution in [3.05, 3.63) is 59.9 Å². The number of halogens is 1. The van der Waals surface area contributed by atoms with Crippen molar-refractivity contribution in [3.8, 4) is 0 Å². The first-order valence-electron chi connectivity index (χ1n) is 11.3. The van der Waals surface area contributed by atoms with Gasteiger partial charge in [-0.3, -0.25) is 23.5 Å². The number of carbonyl (C=O) groups is 3. The summed E-state index contributed by atoms with van der Waals surface area (Å²) in [7, 11) is -1.80. The molecule has 34 heavy (non-hydrogen) atoms. The zero-order chi connectivity index (χ0) is 24.7. The zero-order valence-electron chi connectivity index (χ0n) is 19.4. The normalized spacial score (nSPS) is 15.4. The fourth-order valence-electron chi connectivity index (χ4n) is 3.93. The van der Waals surface area contributed by atoms with E-state index in [-0.39, 0.29) is 11.9 Å². The summed E-state index contributed by atoms with van der Waals surface area (Å²) in [5, 5.41) is 5.55. The van der Waals surface area contributed by atoms with Crippen LogP contribution in [-0.4, -0.2) is 45.5 Å². The van der Waals surface area contributed by atoms with E-state index in [4.69, 9.17) is 0 Å². The van der Waals surface area contributed by atoms with Crippen LogP contribution in [0.25, 0.3) is 0 Å². The van der Waals surface area contributed by atoms with E-state index in [1.807, 2.05) is 19.1 Å². The van der Waals surface area contributed by atoms with E-state index in [1.54, 1.807) is 19.1 Å². The first-order chi connectivity index (χ1) is 16.2. The summed E-state index contributed by atoms with van der Waals surface area (Å²) in [6.07, 6.45) is 3.98. The first-order valence-corrected chi connectivity index (χ1v) is 12.8. The molecule has 1 fully saturated rings. The molecule has 2 aromatic carbocycles. The third kappa shape index (κ3) is 7.21. The van der Waals surface area contributed by atoms with E-state index < -0.39 is 46.0 Å². The minimum Gasteiger partial charge on any atom is -0.352 e. The number of anilines is 2. The van der Waals surface area contributed by atoms with Crippen molar-refractivity contribution in [2.75, 3.05) is 21.7 Å². The quantitative estimate of drug-likeness (QED) is 0.567. The number of aryl methyl sites for hydroxylation is 1. The molecular weight excluding hydrogens is 457 g/mol. The monoisotopic (exact) mass is 487 g/mol. The maximum absolute atomic E-state index is 13.2. The van der Waals surface area contributed by atoms with Crippen LogP contribution < -0.4 is 15.5 Å². The number of carbonyl (C=O) groups excluding carboxylic acids is 3. The SMILES string of the molecule is Cc1ccc(N(C(=O)C[S@@](=O)CC(=O)Nc2ccc(F)cc2)[C@H](C)C(=O)NC2CCCC2)cc1. The molecule has 1 saturated carbocycles. The van der Waals surface area contributed by atoms with Crippen molar-refractivity contribution in [2.45, 2.75) is 51.6 Å². The molecule has 0 spiro atoms. The van der Waals surface area contributed by atoms with E-state index in [0.29, 0.717) is 11.4 Å². The van der Waals surface area contributed by atoms with E-state index >= 15 is 0 Å². The lowest BCUT2D eigenvalue weighted by Gasteiger charge is -2.29. The standard InChI is InChI=1S/C25H30FN3O4S/c1-17-7-13-22(14-8-17)29(18(2)25(32)28-20-5-3-4-6-20)24(31)16-34(33)15-23(30)27-21-11-9-19(26)10-12-21/h7-14,18,20H,3-6,15-16H2,1-2H3,(H,27,30)(H,28,32)/t18-,34+/m1/s1. The highest BCUT2D eigenvalue weighted by atomic mass is 32.2. The summed E-state index contributed by atoms with van der Waals surface area (Å²) in [5.74, 6) is -2.56. The van der Waals surface area contributed by atoms with Gasteiger partial charge in [0.15, 0.2) is 0 Å². The molecule has 0 radical (unpaired) electrons. The Kier molecular flexibility index (Phi) is 8.92. The van der Waals surface area contributed by atoms with Crippen LogP contribution in [-0.2, 0) is 25.2 Å². The third-order valence-electron chi connectivity index (χ3n) is 5.75. The van der Waals surface area contributed by atoms with Crippen LogP contribution in [0.5, 0.6) is 0 Å². The number of hydrogen-bond donors (Lipinski definition) is 2. The molecule has 0 heterocycles. The van der Waals surface area contributed by atoms with E-state index in [9.17, 15) is 23.0 Å². The van der Waals surface area contributed by atoms with Gasteiger partial charge in [0.2, 0.25) is 17.7 Å². The summed E-state index contributed by atoms with van der Waals surface area (Å²) >= 11 is 0. The van der Waals surface area contributed by atoms with Crippen molar-refractivity contribution in [2.24, 2.45) is 0 Å². The van der Waals surface area contributed by atoms with Gasteiger partial charge in [-0.2, -0.15) is 0 Å². The predicted molar refractivity (Wildman–Crippen MR) is 131 cm³/mol. The summed E-state index contributed by atoms with van der Waals surface area (Å²) in [4.78, 5) is 39.6. The molecule has 1 aliphatic carbocycles. The third-order valence-corrected chi connectivity index (χ3v) is 6.91. The minimum absolute atomic E-state index is 0.106. The van der Waals surface area contributed by atoms with Gasteiger partial charge in [0.1, 0.15) is 23.4 Å². The highest BCUT2D eigenvalue weighted by molar-refractivity contribution is 7.86. The Morgan fingerprint density at radius 2 is 1.65 bits per heavy atom. The first kappa shape index (κ1) is 25.6. The van der Waals surface area contributed by atoms with E-state index in [2.05, 4.69) is 10.6 Å². The van der Waals surface area contributed by atoms with Crippen molar-refractivity contribution in [1.29, 1.82) is 0 Å². The molecule has 1 aliphatic rings. The van der Waals surface area contributed by atoms with Gasteiger partial charge < -0.3 is 10.6 Å². The second-order valence-corrected chi connectivity index (χ2v) is 10.0. The van der Waals surface area contributed by atoms with E-state index in [1.165, 1.54) is 29.2 Å². The van der Waals surface area contributed by atoms with Crippen LogP contribution in [0.3, 0.4) is 0 Å². The molecule has 2 N–H and O–H groups in total. The Morgan fingerprint density at radius 3 is 2.26 bits per heavy atom. The molecule has 182 valence electrons. The molecule has 7 nitrogen and oxygen atoms in total. The fourth-order valence-corrected chi connectivity index (χ4v) is 4.81. The molecule has 9 heteroatoms. The smallest absolute Gasteiger partial charge is 0.243 e. The molecule has 2 aromatic rings. The van der Waals surface area contributed by atoms with Gasteiger partial charge in [-0.25, -0.2) is 4.39 Å². The summed E-state index contributed by atoms with van der Waals surface area (Å²) in [6, 6.07) is 11.7. The van der Waals surface area contributed by atoms with Crippen LogP contribution in [0, 0.1) is 12.7 Å². The molecule has 0 unspecified atom stereocenters. The second kappa shape index (κ2) is 11.9. The zero-order valence-corrected chi connectivity index (χ0v) is 20.2. The Balaban J connectivity index is 1.66. The van der Waals surface area contributed by atoms with Gasteiger partial charge in [0.05, 0.1) is 0 Å². The molecule has 0 aliphatic heterocycles. The lowest BCUT2D eigenvalue weighted by molar-refractivity contribution is -0.125. The van der Waals surface area contributed by atoms with Crippen LogP contribution >= 0.6 is 0 Å². The van der Waals surface area contributed by atoms with Gasteiger partial charge in [-0.05, 0) is 63.1 Å². The highest BCUT2D eigenvalue weighted by Crippen LogP contribution is 2.21. The van der Waals surface area contributed by atoms with Crippen molar-refractivity contribution in [3.63, 3.8) is 0 Å². The summed E-state index contributed by atoms with van der Waals surface area (Å²) < 4.78 is 25.6. The average molecular weight is 488 g/mol. The lowest BCUT2D eigenvalue weighted by atomic mass is 10.1. The van der Waals surface area contributed by atoms with Crippen molar-refractivity contribution >= 4 is 39.9 Å². The van der Waals surface area contributed by atoms with Crippen molar-refractivity contribution in [1.82, 2.24) is 5.32 Å². The summed E-state index contributed by atoms with van der Waals surface area (Å²) in [6.45, 7) is 3.56. The van der Waals surface area contributed by atoms with Crippen LogP contribution in [0.4, 0.5) is 15.8 Å². The number of rotatable bonds is 9. The van der Waals surface area contributed by atoms with Gasteiger partial charge in [-0.15, -0.1) is 0 Å². The van der Waals surface area contributed by atoms with Gasteiger partial charge in [0, 0.05) is 28.2 Å². The molecule has 2 atom stereocenters. The highest BCUT2D eigenvalue weighted by Gasteiger charge is 2.30. The Bertz CT molecular complexity index is 1040. The fraction of sp³-hybridized carbons (Fsp3) is 0.400. The lowest BCUT2D eigenvalue weighted by Crippen LogP contribution is -2.51. The molecule has 3 amide bonds. The molecule has 0 aromatic heterocycles. The molecular formula is C25H30FN3O4S. The maximum Gasteiger partial charge on any atom is 0.243 e. The largest absolute Gasteiger partial charge is 0.352 e. The number of hydrogen-bond acceptors (Lipinski definition) is 4. The predicted octanol–water partition coefficient (Wildman–Crippen LogP) is 3.30. The Labute approximate surface area is 201 Å². The Hall–Kier alpha value is -3.07. The van der Waals surface area contributed by atoms with Crippen LogP contribution in [0.15, 0.2) is 48.5 Å². The van der Waals surface area contributed by atoms with Gasteiger partial charge in [0.25, 0.3) is 0 Å². The number of benzene rings is 2. The van der Waals surface area contributed by atoms with Crippen LogP contribution in [0.1, 0.15) is 38.2 Å². The Morgan fingerprint density at radius 1 is 1.03 bits per heavy atom. The van der Waals surface area contributed by atoms with Gasteiger partial charge >= 0.3 is 0 Å².